The summed E-state index contributed by atoms with van der Waals surface area (Å²) in [6.45, 7) is 2.38. The summed E-state index contributed by atoms with van der Waals surface area (Å²) in [5.74, 6) is 0. The molecule has 0 heterocycles. The van der Waals surface area contributed by atoms with Gasteiger partial charge in [0.05, 0.1) is 0 Å². The molecule has 2 aliphatic rings. The van der Waals surface area contributed by atoms with Crippen molar-refractivity contribution in [3.8, 4) is 11.1 Å². The Morgan fingerprint density at radius 2 is 1.31 bits per heavy atom. The standard InChI is InChI=1S/C13H9.2C7H7.C5H5.C2H4.Ti/c1-3-7-12-10(5-1)9-11-6-2-4-8-13(11)12;2*1-7-5-3-2-4-6-7;1-2-4-5-3-1;1-2;/h1-5,7-8H,9H2;2*2-6H,1H2;1-3H,4H2;1H,2H3;. The van der Waals surface area contributed by atoms with Crippen LogP contribution in [0.4, 0.5) is 0 Å². The average Bonchev–Trinajstić information content (AvgIpc) is 3.59. The van der Waals surface area contributed by atoms with Crippen LogP contribution < -0.4 is 3.87 Å². The topological polar surface area (TPSA) is 0 Å². The van der Waals surface area contributed by atoms with Crippen LogP contribution in [0.5, 0.6) is 0 Å². The summed E-state index contributed by atoms with van der Waals surface area (Å²) in [6, 6.07) is 38.7. The minimum atomic E-state index is -3.77. The van der Waals surface area contributed by atoms with E-state index in [1.54, 1.807) is 13.3 Å². The second kappa shape index (κ2) is 8.87. The summed E-state index contributed by atoms with van der Waals surface area (Å²) in [5.41, 5.74) is 8.83. The van der Waals surface area contributed by atoms with E-state index in [1.807, 2.05) is 0 Å². The minimum absolute atomic E-state index is 1.04. The Kier molecular flexibility index (Phi) is 5.68. The molecule has 0 aliphatic heterocycles. The van der Waals surface area contributed by atoms with E-state index in [2.05, 4.69) is 133 Å². The van der Waals surface area contributed by atoms with Gasteiger partial charge in [0.25, 0.3) is 0 Å². The number of hydrogen-bond acceptors (Lipinski definition) is 0. The quantitative estimate of drug-likeness (QED) is 0.216. The van der Waals surface area contributed by atoms with Crippen molar-refractivity contribution in [3.05, 3.63) is 147 Å². The molecule has 0 radical (unpaired) electrons. The van der Waals surface area contributed by atoms with Crippen molar-refractivity contribution in [2.75, 3.05) is 0 Å². The van der Waals surface area contributed by atoms with Gasteiger partial charge in [-0.15, -0.1) is 0 Å². The van der Waals surface area contributed by atoms with Gasteiger partial charge in [-0.1, -0.05) is 0 Å². The van der Waals surface area contributed by atoms with E-state index in [-0.39, 0.29) is 0 Å². The molecule has 1 heteroatoms. The molecule has 0 spiro atoms. The molecule has 172 valence electrons. The number of hydrogen-bond donors (Lipinski definition) is 0. The van der Waals surface area contributed by atoms with Gasteiger partial charge in [0.15, 0.2) is 0 Å². The Morgan fingerprint density at radius 3 is 1.94 bits per heavy atom. The van der Waals surface area contributed by atoms with Gasteiger partial charge < -0.3 is 0 Å². The van der Waals surface area contributed by atoms with Crippen LogP contribution in [-0.2, 0) is 30.7 Å². The molecule has 0 nitrogen and oxygen atoms in total. The maximum atomic E-state index is 2.73. The van der Waals surface area contributed by atoms with Crippen LogP contribution in [-0.4, -0.2) is 4.31 Å². The Balaban J connectivity index is 1.69. The predicted molar refractivity (Wildman–Crippen MR) is 148 cm³/mol. The van der Waals surface area contributed by atoms with Crippen molar-refractivity contribution < 1.29 is 14.8 Å². The van der Waals surface area contributed by atoms with Gasteiger partial charge in [-0.3, -0.25) is 0 Å². The second-order valence-electron chi connectivity index (χ2n) is 10.4. The Morgan fingerprint density at radius 1 is 0.686 bits per heavy atom. The summed E-state index contributed by atoms with van der Waals surface area (Å²) in [4.78, 5) is 0. The third kappa shape index (κ3) is 3.59. The zero-order chi connectivity index (χ0) is 23.7. The van der Waals surface area contributed by atoms with E-state index in [9.17, 15) is 0 Å². The van der Waals surface area contributed by atoms with Gasteiger partial charge in [-0.25, -0.2) is 0 Å². The third-order valence-electron chi connectivity index (χ3n) is 8.69. The molecule has 0 unspecified atom stereocenters. The second-order valence-corrected chi connectivity index (χ2v) is 19.8. The van der Waals surface area contributed by atoms with Crippen LogP contribution in [0.1, 0.15) is 35.6 Å². The SMILES string of the molecule is C[CH]=[Ti]([CH2]c1ccccc1)([CH2]c1ccccc1)([C]1=CC=CC1)[c]1cccc2c1Cc1ccccc1-2. The fraction of sp³-hybridized carbons (Fsp3) is 0.147. The van der Waals surface area contributed by atoms with Crippen molar-refractivity contribution in [1.29, 1.82) is 0 Å². The van der Waals surface area contributed by atoms with E-state index >= 15 is 0 Å². The van der Waals surface area contributed by atoms with Gasteiger partial charge in [0, 0.05) is 0 Å². The van der Waals surface area contributed by atoms with Crippen molar-refractivity contribution in [2.24, 2.45) is 0 Å². The first-order valence-electron chi connectivity index (χ1n) is 12.8. The van der Waals surface area contributed by atoms with Crippen LogP contribution in [0.15, 0.2) is 125 Å². The van der Waals surface area contributed by atoms with Crippen LogP contribution in [0.3, 0.4) is 0 Å². The average molecular weight is 488 g/mol. The predicted octanol–water partition coefficient (Wildman–Crippen LogP) is 7.64. The van der Waals surface area contributed by atoms with Gasteiger partial charge in [-0.2, -0.15) is 0 Å². The first-order chi connectivity index (χ1) is 17.2. The Hall–Kier alpha value is -3.06. The molecule has 6 rings (SSSR count). The number of rotatable bonds is 6. The van der Waals surface area contributed by atoms with Crippen LogP contribution >= 0.6 is 0 Å². The molecule has 4 aromatic rings. The third-order valence-corrected chi connectivity index (χ3v) is 20.6. The van der Waals surface area contributed by atoms with E-state index in [0.29, 0.717) is 0 Å². The molecule has 2 aliphatic carbocycles. The van der Waals surface area contributed by atoms with E-state index in [4.69, 9.17) is 0 Å². The van der Waals surface area contributed by atoms with Crippen LogP contribution in [0, 0.1) is 0 Å². The van der Waals surface area contributed by atoms with Gasteiger partial charge in [0.2, 0.25) is 0 Å². The van der Waals surface area contributed by atoms with E-state index < -0.39 is 14.8 Å². The first-order valence-corrected chi connectivity index (χ1v) is 17.5. The normalized spacial score (nSPS) is 14.4. The molecule has 0 saturated heterocycles. The maximum absolute atomic E-state index is 3.77. The van der Waals surface area contributed by atoms with Gasteiger partial charge >= 0.3 is 211 Å². The Bertz CT molecular complexity index is 1470. The zero-order valence-electron chi connectivity index (χ0n) is 20.5. The monoisotopic (exact) mass is 488 g/mol. The van der Waals surface area contributed by atoms with E-state index in [1.165, 1.54) is 27.8 Å². The molecule has 0 amide bonds. The Labute approximate surface area is 210 Å². The summed E-state index contributed by atoms with van der Waals surface area (Å²) >= 11 is -3.77. The number of benzene rings is 4. The molecule has 0 fully saturated rings. The summed E-state index contributed by atoms with van der Waals surface area (Å²) < 4.78 is 8.32. The van der Waals surface area contributed by atoms with Crippen molar-refractivity contribution >= 4 is 8.18 Å². The van der Waals surface area contributed by atoms with Crippen molar-refractivity contribution in [2.45, 2.75) is 29.2 Å². The number of fused-ring (bicyclic) bond motifs is 3. The fourth-order valence-corrected chi connectivity index (χ4v) is 18.5. The molecule has 4 aromatic carbocycles. The van der Waals surface area contributed by atoms with E-state index in [0.717, 1.165) is 22.3 Å². The van der Waals surface area contributed by atoms with Crippen LogP contribution in [0.2, 0.25) is 0 Å². The first kappa shape index (κ1) is 22.4. The fourth-order valence-electron chi connectivity index (χ4n) is 6.97. The molecule has 0 saturated carbocycles. The zero-order valence-corrected chi connectivity index (χ0v) is 22.0. The van der Waals surface area contributed by atoms with Crippen LogP contribution in [0.25, 0.3) is 11.1 Å². The summed E-state index contributed by atoms with van der Waals surface area (Å²) in [7, 11) is 0. The van der Waals surface area contributed by atoms with Gasteiger partial charge in [0.1, 0.15) is 0 Å². The molecular weight excluding hydrogens is 456 g/mol. The molecule has 0 aromatic heterocycles. The molecular formula is C34H32Ti. The van der Waals surface area contributed by atoms with Crippen molar-refractivity contribution in [3.63, 3.8) is 0 Å². The molecule has 0 N–H and O–H groups in total. The van der Waals surface area contributed by atoms with Crippen molar-refractivity contribution in [1.82, 2.24) is 0 Å². The van der Waals surface area contributed by atoms with Gasteiger partial charge in [-0.05, 0) is 0 Å². The molecule has 0 atom stereocenters. The molecule has 35 heavy (non-hydrogen) atoms. The summed E-state index contributed by atoms with van der Waals surface area (Å²) in [5, 5.41) is 0. The molecule has 0 bridgehead atoms. The number of allylic oxidation sites excluding steroid dienone is 4. The summed E-state index contributed by atoms with van der Waals surface area (Å²) in [6.07, 6.45) is 9.26.